The Morgan fingerprint density at radius 1 is 0.900 bits per heavy atom. The highest BCUT2D eigenvalue weighted by Gasteiger charge is 2.45. The number of carbonyl (C=O) groups is 2. The molecule has 0 aliphatic rings. The van der Waals surface area contributed by atoms with E-state index in [1.807, 2.05) is 0 Å². The van der Waals surface area contributed by atoms with Crippen LogP contribution in [0.25, 0.3) is 0 Å². The molecule has 0 aromatic carbocycles. The maximum Gasteiger partial charge on any atom is 0.320 e. The fraction of sp³-hybridized carbons (Fsp3) is 0.412. The van der Waals surface area contributed by atoms with Crippen LogP contribution in [0.2, 0.25) is 0 Å². The highest BCUT2D eigenvalue weighted by Crippen LogP contribution is 2.38. The van der Waals surface area contributed by atoms with E-state index in [9.17, 15) is 9.59 Å². The maximum absolute atomic E-state index is 12.2. The summed E-state index contributed by atoms with van der Waals surface area (Å²) in [4.78, 5) is 24.3. The van der Waals surface area contributed by atoms with Gasteiger partial charge < -0.3 is 4.74 Å². The standard InChI is InChI=1S/C17H24O3/c1-11(2)13(5)9-17(15(7)18,16(19)20-8)10-14(6)12(3)4/h1,3,5-6,9-10H2,2,4,7-8H3. The molecule has 0 fully saturated rings. The van der Waals surface area contributed by atoms with Crippen molar-refractivity contribution in [3.8, 4) is 0 Å². The van der Waals surface area contributed by atoms with Gasteiger partial charge in [0.05, 0.1) is 7.11 Å². The lowest BCUT2D eigenvalue weighted by atomic mass is 9.72. The third kappa shape index (κ3) is 4.05. The molecular formula is C17H24O3. The number of methoxy groups -OCH3 is 1. The zero-order valence-electron chi connectivity index (χ0n) is 13.0. The average Bonchev–Trinajstić information content (AvgIpc) is 2.35. The van der Waals surface area contributed by atoms with Gasteiger partial charge in [-0.15, -0.1) is 0 Å². The van der Waals surface area contributed by atoms with E-state index in [0.29, 0.717) is 11.1 Å². The first-order valence-electron chi connectivity index (χ1n) is 6.35. The quantitative estimate of drug-likeness (QED) is 0.385. The molecule has 0 atom stereocenters. The fourth-order valence-corrected chi connectivity index (χ4v) is 1.83. The predicted molar refractivity (Wildman–Crippen MR) is 82.3 cm³/mol. The monoisotopic (exact) mass is 276 g/mol. The molecule has 0 unspecified atom stereocenters. The first-order chi connectivity index (χ1) is 9.08. The number of esters is 1. The van der Waals surface area contributed by atoms with Crippen molar-refractivity contribution in [3.05, 3.63) is 48.6 Å². The van der Waals surface area contributed by atoms with Crippen LogP contribution in [-0.4, -0.2) is 18.9 Å². The predicted octanol–water partition coefficient (Wildman–Crippen LogP) is 3.78. The van der Waals surface area contributed by atoms with Crippen LogP contribution >= 0.6 is 0 Å². The van der Waals surface area contributed by atoms with Crippen LogP contribution in [-0.2, 0) is 14.3 Å². The lowest BCUT2D eigenvalue weighted by Gasteiger charge is -2.30. The van der Waals surface area contributed by atoms with Crippen LogP contribution in [0.4, 0.5) is 0 Å². The second-order valence-electron chi connectivity index (χ2n) is 5.25. The summed E-state index contributed by atoms with van der Waals surface area (Å²) in [6.45, 7) is 20.3. The van der Waals surface area contributed by atoms with Gasteiger partial charge in [0.1, 0.15) is 11.2 Å². The molecule has 0 rings (SSSR count). The summed E-state index contributed by atoms with van der Waals surface area (Å²) in [5.41, 5.74) is 1.47. The number of ether oxygens (including phenoxy) is 1. The van der Waals surface area contributed by atoms with Gasteiger partial charge >= 0.3 is 5.97 Å². The first kappa shape index (κ1) is 18.1. The molecule has 0 aliphatic carbocycles. The number of allylic oxidation sites excluding steroid dienone is 4. The molecule has 0 N–H and O–H groups in total. The number of hydrogen-bond donors (Lipinski definition) is 0. The summed E-state index contributed by atoms with van der Waals surface area (Å²) in [7, 11) is 1.27. The Kier molecular flexibility index (Phi) is 6.37. The molecular weight excluding hydrogens is 252 g/mol. The number of ketones is 1. The smallest absolute Gasteiger partial charge is 0.320 e. The van der Waals surface area contributed by atoms with Gasteiger partial charge in [0.15, 0.2) is 0 Å². The Morgan fingerprint density at radius 2 is 1.25 bits per heavy atom. The molecule has 0 aromatic rings. The maximum atomic E-state index is 12.2. The van der Waals surface area contributed by atoms with Crippen LogP contribution in [0, 0.1) is 5.41 Å². The topological polar surface area (TPSA) is 43.4 Å². The zero-order chi connectivity index (χ0) is 16.1. The molecule has 0 saturated heterocycles. The SMILES string of the molecule is C=C(C)C(=C)CC(CC(=C)C(=C)C)(C(C)=O)C(=O)OC. The van der Waals surface area contributed by atoms with Crippen molar-refractivity contribution in [1.29, 1.82) is 0 Å². The highest BCUT2D eigenvalue weighted by atomic mass is 16.5. The minimum Gasteiger partial charge on any atom is -0.468 e. The number of carbonyl (C=O) groups excluding carboxylic acids is 2. The molecule has 110 valence electrons. The Labute approximate surface area is 121 Å². The van der Waals surface area contributed by atoms with Crippen LogP contribution in [0.15, 0.2) is 48.6 Å². The van der Waals surface area contributed by atoms with E-state index in [1.54, 1.807) is 13.8 Å². The molecule has 3 nitrogen and oxygen atoms in total. The normalized spacial score (nSPS) is 10.6. The van der Waals surface area contributed by atoms with Crippen LogP contribution in [0.3, 0.4) is 0 Å². The van der Waals surface area contributed by atoms with E-state index in [1.165, 1.54) is 14.0 Å². The third-order valence-corrected chi connectivity index (χ3v) is 3.49. The molecule has 0 amide bonds. The minimum absolute atomic E-state index is 0.177. The minimum atomic E-state index is -1.30. The molecule has 0 radical (unpaired) electrons. The lowest BCUT2D eigenvalue weighted by Crippen LogP contribution is -2.40. The average molecular weight is 276 g/mol. The number of hydrogen-bond acceptors (Lipinski definition) is 3. The van der Waals surface area contributed by atoms with Crippen molar-refractivity contribution in [2.75, 3.05) is 7.11 Å². The van der Waals surface area contributed by atoms with E-state index in [-0.39, 0.29) is 18.6 Å². The molecule has 0 spiro atoms. The summed E-state index contributed by atoms with van der Waals surface area (Å²) in [6, 6.07) is 0. The van der Waals surface area contributed by atoms with Gasteiger partial charge in [0.2, 0.25) is 0 Å². The van der Waals surface area contributed by atoms with Crippen molar-refractivity contribution < 1.29 is 14.3 Å². The Hall–Kier alpha value is -1.90. The Balaban J connectivity index is 5.71. The molecule has 20 heavy (non-hydrogen) atoms. The summed E-state index contributed by atoms with van der Waals surface area (Å²) in [5, 5.41) is 0. The van der Waals surface area contributed by atoms with E-state index >= 15 is 0 Å². The van der Waals surface area contributed by atoms with Crippen LogP contribution < -0.4 is 0 Å². The van der Waals surface area contributed by atoms with Crippen LogP contribution in [0.1, 0.15) is 33.6 Å². The van der Waals surface area contributed by atoms with Crippen molar-refractivity contribution >= 4 is 11.8 Å². The van der Waals surface area contributed by atoms with Crippen molar-refractivity contribution in [3.63, 3.8) is 0 Å². The molecule has 0 heterocycles. The fourth-order valence-electron chi connectivity index (χ4n) is 1.83. The van der Waals surface area contributed by atoms with E-state index in [2.05, 4.69) is 26.3 Å². The summed E-state index contributed by atoms with van der Waals surface area (Å²) >= 11 is 0. The molecule has 0 aromatic heterocycles. The zero-order valence-corrected chi connectivity index (χ0v) is 13.0. The van der Waals surface area contributed by atoms with Gasteiger partial charge in [-0.05, 0) is 33.6 Å². The van der Waals surface area contributed by atoms with Gasteiger partial charge in [0.25, 0.3) is 0 Å². The molecule has 3 heteroatoms. The van der Waals surface area contributed by atoms with Crippen LogP contribution in [0.5, 0.6) is 0 Å². The van der Waals surface area contributed by atoms with Crippen molar-refractivity contribution in [1.82, 2.24) is 0 Å². The largest absolute Gasteiger partial charge is 0.468 e. The van der Waals surface area contributed by atoms with Gasteiger partial charge in [0, 0.05) is 0 Å². The first-order valence-corrected chi connectivity index (χ1v) is 6.35. The molecule has 0 aliphatic heterocycles. The van der Waals surface area contributed by atoms with Crippen molar-refractivity contribution in [2.24, 2.45) is 5.41 Å². The molecule has 0 bridgehead atoms. The Bertz CT molecular complexity index is 452. The summed E-state index contributed by atoms with van der Waals surface area (Å²) < 4.78 is 4.84. The summed E-state index contributed by atoms with van der Waals surface area (Å²) in [5.74, 6) is -0.844. The van der Waals surface area contributed by atoms with Crippen molar-refractivity contribution in [2.45, 2.75) is 33.6 Å². The Morgan fingerprint density at radius 3 is 1.45 bits per heavy atom. The second-order valence-corrected chi connectivity index (χ2v) is 5.25. The highest BCUT2D eigenvalue weighted by molar-refractivity contribution is 6.03. The van der Waals surface area contributed by atoms with E-state index in [4.69, 9.17) is 4.74 Å². The van der Waals surface area contributed by atoms with Gasteiger partial charge in [-0.25, -0.2) is 0 Å². The van der Waals surface area contributed by atoms with Gasteiger partial charge in [-0.2, -0.15) is 0 Å². The van der Waals surface area contributed by atoms with Gasteiger partial charge in [-0.3, -0.25) is 9.59 Å². The second kappa shape index (κ2) is 7.04. The molecule has 0 saturated carbocycles. The van der Waals surface area contributed by atoms with E-state index in [0.717, 1.165) is 11.1 Å². The van der Waals surface area contributed by atoms with E-state index < -0.39 is 11.4 Å². The van der Waals surface area contributed by atoms with Gasteiger partial charge in [-0.1, -0.05) is 48.6 Å². The number of Topliss-reactive ketones (excluding diaryl/α,β-unsaturated/α-hetero) is 1. The lowest BCUT2D eigenvalue weighted by molar-refractivity contribution is -0.157. The third-order valence-electron chi connectivity index (χ3n) is 3.49. The summed E-state index contributed by atoms with van der Waals surface area (Å²) in [6.07, 6.45) is 0.354. The number of rotatable bonds is 8.